The topological polar surface area (TPSA) is 59.3 Å². The van der Waals surface area contributed by atoms with E-state index in [1.807, 2.05) is 60.4 Å². The highest BCUT2D eigenvalue weighted by molar-refractivity contribution is 5.51. The van der Waals surface area contributed by atoms with E-state index in [4.69, 9.17) is 4.74 Å². The molecule has 0 spiro atoms. The van der Waals surface area contributed by atoms with E-state index < -0.39 is 0 Å². The number of anilines is 1. The molecule has 0 unspecified atom stereocenters. The van der Waals surface area contributed by atoms with Crippen LogP contribution in [-0.4, -0.2) is 21.5 Å². The highest BCUT2D eigenvalue weighted by atomic mass is 16.5. The van der Waals surface area contributed by atoms with Crippen LogP contribution in [0.15, 0.2) is 60.9 Å². The first-order valence-electron chi connectivity index (χ1n) is 8.44. The van der Waals surface area contributed by atoms with Crippen molar-refractivity contribution in [3.63, 3.8) is 0 Å². The zero-order valence-corrected chi connectivity index (χ0v) is 14.4. The number of hydrogen-bond acceptors (Lipinski definition) is 4. The van der Waals surface area contributed by atoms with E-state index in [1.54, 1.807) is 0 Å². The Balaban J connectivity index is 1.60. The number of rotatable bonds is 8. The smallest absolute Gasteiger partial charge is 0.124 e. The number of aliphatic hydroxyl groups is 1. The van der Waals surface area contributed by atoms with Crippen molar-refractivity contribution >= 4 is 5.69 Å². The third kappa shape index (κ3) is 4.61. The minimum atomic E-state index is -0.0418. The van der Waals surface area contributed by atoms with Crippen molar-refractivity contribution in [3.05, 3.63) is 77.6 Å². The van der Waals surface area contributed by atoms with Crippen molar-refractivity contribution in [2.45, 2.75) is 26.6 Å². The molecule has 0 aliphatic rings. The summed E-state index contributed by atoms with van der Waals surface area (Å²) in [4.78, 5) is 0. The van der Waals surface area contributed by atoms with Crippen LogP contribution in [0.3, 0.4) is 0 Å². The second-order valence-corrected chi connectivity index (χ2v) is 5.80. The maximum atomic E-state index is 9.48. The SMILES string of the molecule is CCOc1ccc(NCc2cnn(Cc3ccccc3)c2)cc1CO. The van der Waals surface area contributed by atoms with E-state index >= 15 is 0 Å². The predicted octanol–water partition coefficient (Wildman–Crippen LogP) is 3.43. The molecule has 1 aromatic heterocycles. The Hall–Kier alpha value is -2.79. The number of nitrogens with one attached hydrogen (secondary N) is 1. The first-order chi connectivity index (χ1) is 12.3. The van der Waals surface area contributed by atoms with Gasteiger partial charge in [0.15, 0.2) is 0 Å². The van der Waals surface area contributed by atoms with Gasteiger partial charge in [0.2, 0.25) is 0 Å². The summed E-state index contributed by atoms with van der Waals surface area (Å²) in [7, 11) is 0. The van der Waals surface area contributed by atoms with Crippen LogP contribution in [0.2, 0.25) is 0 Å². The fourth-order valence-electron chi connectivity index (χ4n) is 2.67. The molecule has 0 saturated carbocycles. The van der Waals surface area contributed by atoms with Crippen LogP contribution in [-0.2, 0) is 19.7 Å². The summed E-state index contributed by atoms with van der Waals surface area (Å²) in [6, 6.07) is 16.0. The average molecular weight is 337 g/mol. The zero-order valence-electron chi connectivity index (χ0n) is 14.4. The lowest BCUT2D eigenvalue weighted by Gasteiger charge is -2.11. The Labute approximate surface area is 147 Å². The molecule has 0 aliphatic carbocycles. The molecule has 3 rings (SSSR count). The molecule has 0 radical (unpaired) electrons. The molecular weight excluding hydrogens is 314 g/mol. The fraction of sp³-hybridized carbons (Fsp3) is 0.250. The summed E-state index contributed by atoms with van der Waals surface area (Å²) in [5.74, 6) is 0.728. The Morgan fingerprint density at radius 3 is 2.72 bits per heavy atom. The Bertz CT molecular complexity index is 800. The van der Waals surface area contributed by atoms with Crippen molar-refractivity contribution in [1.29, 1.82) is 0 Å². The van der Waals surface area contributed by atoms with Crippen LogP contribution < -0.4 is 10.1 Å². The number of ether oxygens (including phenoxy) is 1. The number of benzene rings is 2. The summed E-state index contributed by atoms with van der Waals surface area (Å²) >= 11 is 0. The van der Waals surface area contributed by atoms with Crippen molar-refractivity contribution in [2.24, 2.45) is 0 Å². The monoisotopic (exact) mass is 337 g/mol. The van der Waals surface area contributed by atoms with Crippen LogP contribution in [0.5, 0.6) is 5.75 Å². The molecule has 5 heteroatoms. The van der Waals surface area contributed by atoms with E-state index in [9.17, 15) is 5.11 Å². The highest BCUT2D eigenvalue weighted by Gasteiger charge is 2.05. The minimum absolute atomic E-state index is 0.0418. The summed E-state index contributed by atoms with van der Waals surface area (Å²) in [6.07, 6.45) is 3.92. The van der Waals surface area contributed by atoms with Crippen LogP contribution in [0.4, 0.5) is 5.69 Å². The Morgan fingerprint density at radius 2 is 1.96 bits per heavy atom. The lowest BCUT2D eigenvalue weighted by molar-refractivity contribution is 0.267. The van der Waals surface area contributed by atoms with Gasteiger partial charge in [0.05, 0.1) is 26.0 Å². The van der Waals surface area contributed by atoms with Gasteiger partial charge in [0.1, 0.15) is 5.75 Å². The maximum Gasteiger partial charge on any atom is 0.124 e. The molecule has 0 fully saturated rings. The van der Waals surface area contributed by atoms with Gasteiger partial charge in [-0.25, -0.2) is 0 Å². The van der Waals surface area contributed by atoms with E-state index in [0.29, 0.717) is 13.2 Å². The largest absolute Gasteiger partial charge is 0.494 e. The van der Waals surface area contributed by atoms with Gasteiger partial charge in [0.25, 0.3) is 0 Å². The molecule has 0 atom stereocenters. The van der Waals surface area contributed by atoms with Crippen molar-refractivity contribution in [2.75, 3.05) is 11.9 Å². The number of aliphatic hydroxyl groups excluding tert-OH is 1. The third-order valence-electron chi connectivity index (χ3n) is 3.90. The summed E-state index contributed by atoms with van der Waals surface area (Å²) < 4.78 is 7.44. The average Bonchev–Trinajstić information content (AvgIpc) is 3.09. The first kappa shape index (κ1) is 17.0. The highest BCUT2D eigenvalue weighted by Crippen LogP contribution is 2.23. The van der Waals surface area contributed by atoms with Gasteiger partial charge in [-0.05, 0) is 30.7 Å². The van der Waals surface area contributed by atoms with Gasteiger partial charge in [-0.15, -0.1) is 0 Å². The standard InChI is InChI=1S/C20H23N3O2/c1-2-25-20-9-8-19(10-18(20)15-24)21-11-17-12-22-23(14-17)13-16-6-4-3-5-7-16/h3-10,12,14,21,24H,2,11,13,15H2,1H3. The fourth-order valence-corrected chi connectivity index (χ4v) is 2.67. The molecule has 5 nitrogen and oxygen atoms in total. The van der Waals surface area contributed by atoms with E-state index in [1.165, 1.54) is 5.56 Å². The molecule has 25 heavy (non-hydrogen) atoms. The molecule has 1 heterocycles. The molecule has 2 aromatic carbocycles. The predicted molar refractivity (Wildman–Crippen MR) is 98.6 cm³/mol. The van der Waals surface area contributed by atoms with Gasteiger partial charge < -0.3 is 15.2 Å². The van der Waals surface area contributed by atoms with Crippen LogP contribution >= 0.6 is 0 Å². The molecule has 130 valence electrons. The summed E-state index contributed by atoms with van der Waals surface area (Å²) in [6.45, 7) is 3.91. The Kier molecular flexibility index (Phi) is 5.69. The van der Waals surface area contributed by atoms with Gasteiger partial charge >= 0.3 is 0 Å². The molecule has 0 bridgehead atoms. The maximum absolute atomic E-state index is 9.48. The normalized spacial score (nSPS) is 10.6. The molecule has 0 amide bonds. The van der Waals surface area contributed by atoms with Crippen LogP contribution in [0.25, 0.3) is 0 Å². The van der Waals surface area contributed by atoms with Crippen molar-refractivity contribution < 1.29 is 9.84 Å². The summed E-state index contributed by atoms with van der Waals surface area (Å²) in [5.41, 5.74) is 4.06. The first-order valence-corrected chi connectivity index (χ1v) is 8.44. The summed E-state index contributed by atoms with van der Waals surface area (Å²) in [5, 5.41) is 17.3. The number of hydrogen-bond donors (Lipinski definition) is 2. The van der Waals surface area contributed by atoms with Gasteiger partial charge in [-0.2, -0.15) is 5.10 Å². The van der Waals surface area contributed by atoms with E-state index in [0.717, 1.165) is 29.1 Å². The molecule has 0 aliphatic heterocycles. The van der Waals surface area contributed by atoms with Gasteiger partial charge in [-0.1, -0.05) is 30.3 Å². The molecular formula is C20H23N3O2. The molecule has 3 aromatic rings. The second kappa shape index (κ2) is 8.35. The minimum Gasteiger partial charge on any atom is -0.494 e. The quantitative estimate of drug-likeness (QED) is 0.661. The van der Waals surface area contributed by atoms with E-state index in [2.05, 4.69) is 22.5 Å². The third-order valence-corrected chi connectivity index (χ3v) is 3.90. The number of aromatic nitrogens is 2. The van der Waals surface area contributed by atoms with Crippen molar-refractivity contribution in [1.82, 2.24) is 9.78 Å². The lowest BCUT2D eigenvalue weighted by atomic mass is 10.2. The molecule has 0 saturated heterocycles. The second-order valence-electron chi connectivity index (χ2n) is 5.80. The van der Waals surface area contributed by atoms with Gasteiger partial charge in [-0.3, -0.25) is 4.68 Å². The van der Waals surface area contributed by atoms with Crippen LogP contribution in [0.1, 0.15) is 23.6 Å². The van der Waals surface area contributed by atoms with Crippen molar-refractivity contribution in [3.8, 4) is 5.75 Å². The zero-order chi connectivity index (χ0) is 17.5. The van der Waals surface area contributed by atoms with E-state index in [-0.39, 0.29) is 6.61 Å². The number of nitrogens with zero attached hydrogens (tertiary/aromatic N) is 2. The lowest BCUT2D eigenvalue weighted by Crippen LogP contribution is -2.02. The molecule has 2 N–H and O–H groups in total. The van der Waals surface area contributed by atoms with Crippen LogP contribution in [0, 0.1) is 0 Å². The Morgan fingerprint density at radius 1 is 1.12 bits per heavy atom. The van der Waals surface area contributed by atoms with Gasteiger partial charge in [0, 0.05) is 29.6 Å².